The smallest absolute Gasteiger partial charge is 0.244 e. The molecule has 8 heteroatoms. The first-order valence-corrected chi connectivity index (χ1v) is 12.5. The van der Waals surface area contributed by atoms with Crippen LogP contribution in [0.5, 0.6) is 0 Å². The fourth-order valence-corrected chi connectivity index (χ4v) is 7.32. The maximum atomic E-state index is 11.4. The quantitative estimate of drug-likeness (QED) is 0.468. The molecule has 0 aromatic carbocycles. The zero-order chi connectivity index (χ0) is 21.2. The van der Waals surface area contributed by atoms with Crippen molar-refractivity contribution in [3.63, 3.8) is 0 Å². The number of fused-ring (bicyclic) bond motifs is 5. The minimum absolute atomic E-state index is 0.0274. The summed E-state index contributed by atoms with van der Waals surface area (Å²) >= 11 is 0. The molecule has 29 heavy (non-hydrogen) atoms. The van der Waals surface area contributed by atoms with Gasteiger partial charge in [-0.25, -0.2) is 13.2 Å². The Morgan fingerprint density at radius 1 is 1.14 bits per heavy atom. The van der Waals surface area contributed by atoms with E-state index in [4.69, 9.17) is 0 Å². The van der Waals surface area contributed by atoms with Crippen molar-refractivity contribution < 1.29 is 18.7 Å². The Labute approximate surface area is 173 Å². The Hall–Kier alpha value is -1.41. The second kappa shape index (κ2) is 6.54. The fourth-order valence-electron chi connectivity index (χ4n) is 7.05. The second-order valence-corrected chi connectivity index (χ2v) is 12.1. The van der Waals surface area contributed by atoms with Crippen molar-refractivity contribution in [2.24, 2.45) is 38.8 Å². The summed E-state index contributed by atoms with van der Waals surface area (Å²) in [6.07, 6.45) is 9.55. The first kappa shape index (κ1) is 20.8. The highest BCUT2D eigenvalue weighted by atomic mass is 32.2. The number of sulfonamides is 1. The van der Waals surface area contributed by atoms with Gasteiger partial charge >= 0.3 is 0 Å². The summed E-state index contributed by atoms with van der Waals surface area (Å²) in [5.74, 6) is 1.54. The summed E-state index contributed by atoms with van der Waals surface area (Å²) in [5, 5.41) is 28.1. The van der Waals surface area contributed by atoms with Crippen LogP contribution in [0.1, 0.15) is 65.7 Å². The van der Waals surface area contributed by atoms with Gasteiger partial charge in [0.2, 0.25) is 10.0 Å². The van der Waals surface area contributed by atoms with Crippen LogP contribution in [0, 0.1) is 28.6 Å². The van der Waals surface area contributed by atoms with E-state index >= 15 is 0 Å². The number of rotatable bonds is 2. The molecule has 7 nitrogen and oxygen atoms in total. The van der Waals surface area contributed by atoms with E-state index in [1.54, 1.807) is 0 Å². The third-order valence-corrected chi connectivity index (χ3v) is 9.32. The maximum absolute atomic E-state index is 11.4. The third-order valence-electron chi connectivity index (χ3n) is 8.89. The first-order chi connectivity index (χ1) is 13.4. The predicted octanol–water partition coefficient (Wildman–Crippen LogP) is 3.05. The average molecular weight is 424 g/mol. The van der Waals surface area contributed by atoms with Gasteiger partial charge in [0, 0.05) is 6.42 Å². The molecule has 3 saturated carbocycles. The third kappa shape index (κ3) is 3.14. The highest BCUT2D eigenvalue weighted by molar-refractivity contribution is 7.88. The first-order valence-electron chi connectivity index (χ1n) is 10.6. The van der Waals surface area contributed by atoms with E-state index in [1.165, 1.54) is 5.57 Å². The molecule has 3 N–H and O–H groups in total. The van der Waals surface area contributed by atoms with Crippen LogP contribution in [0.4, 0.5) is 0 Å². The van der Waals surface area contributed by atoms with Gasteiger partial charge in [0.15, 0.2) is 0 Å². The summed E-state index contributed by atoms with van der Waals surface area (Å²) in [4.78, 5) is 2.16. The molecule has 0 aromatic rings. The molecule has 0 radical (unpaired) electrons. The van der Waals surface area contributed by atoms with E-state index in [0.29, 0.717) is 35.6 Å². The number of nitrogens with zero attached hydrogens (tertiary/aromatic N) is 2. The summed E-state index contributed by atoms with van der Waals surface area (Å²) in [5.41, 5.74) is 1.35. The Balaban J connectivity index is 1.68. The van der Waals surface area contributed by atoms with Crippen molar-refractivity contribution in [3.05, 3.63) is 11.6 Å². The largest absolute Gasteiger partial charge is 0.411 e. The Bertz CT molecular complexity index is 907. The van der Waals surface area contributed by atoms with Crippen LogP contribution in [0.25, 0.3) is 0 Å². The van der Waals surface area contributed by atoms with Gasteiger partial charge in [0.25, 0.3) is 0 Å². The van der Waals surface area contributed by atoms with Crippen LogP contribution in [-0.4, -0.2) is 42.0 Å². The zero-order valence-electron chi connectivity index (χ0n) is 17.8. The molecule has 0 saturated heterocycles. The normalized spacial score (nSPS) is 47.3. The van der Waals surface area contributed by atoms with Crippen molar-refractivity contribution in [1.82, 2.24) is 4.83 Å². The highest BCUT2D eigenvalue weighted by Crippen LogP contribution is 2.67. The van der Waals surface area contributed by atoms with Crippen molar-refractivity contribution in [2.45, 2.75) is 71.3 Å². The van der Waals surface area contributed by atoms with Gasteiger partial charge in [0.1, 0.15) is 11.4 Å². The molecule has 0 unspecified atom stereocenters. The van der Waals surface area contributed by atoms with Crippen LogP contribution in [0.15, 0.2) is 21.9 Å². The number of hydrogen-bond acceptors (Lipinski definition) is 6. The minimum atomic E-state index is -3.47. The van der Waals surface area contributed by atoms with E-state index in [9.17, 15) is 18.7 Å². The zero-order valence-corrected chi connectivity index (χ0v) is 18.6. The molecule has 0 spiro atoms. The van der Waals surface area contributed by atoms with E-state index < -0.39 is 15.6 Å². The van der Waals surface area contributed by atoms with E-state index in [-0.39, 0.29) is 10.8 Å². The average Bonchev–Trinajstić information content (AvgIpc) is 2.88. The lowest BCUT2D eigenvalue weighted by molar-refractivity contribution is -0.115. The number of allylic oxidation sites excluding steroid dienone is 2. The molecule has 3 fully saturated rings. The van der Waals surface area contributed by atoms with Gasteiger partial charge in [-0.1, -0.05) is 24.6 Å². The van der Waals surface area contributed by atoms with Gasteiger partial charge in [-0.05, 0) is 80.1 Å². The molecule has 0 amide bonds. The lowest BCUT2D eigenvalue weighted by Crippen LogP contribution is -2.54. The molecule has 0 bridgehead atoms. The van der Waals surface area contributed by atoms with Crippen LogP contribution in [0.3, 0.4) is 0 Å². The van der Waals surface area contributed by atoms with Crippen molar-refractivity contribution in [1.29, 1.82) is 0 Å². The van der Waals surface area contributed by atoms with Gasteiger partial charge in [-0.2, -0.15) is 5.10 Å². The summed E-state index contributed by atoms with van der Waals surface area (Å²) in [6, 6.07) is 0. The SMILES string of the molecule is C[C@]12CC(=NO)C(=NNS(C)(=O)=O)C=C1CC[C@@H]1[C@@H]2CC[C@@]2(C)[C@H]1CC[C@]2(C)O. The summed E-state index contributed by atoms with van der Waals surface area (Å²) < 4.78 is 22.9. The highest BCUT2D eigenvalue weighted by Gasteiger charge is 2.62. The van der Waals surface area contributed by atoms with Gasteiger partial charge in [-0.15, -0.1) is 0 Å². The molecule has 162 valence electrons. The standard InChI is InChI=1S/C21H33N3O4S/c1-19-12-18(23-26)17(22-24-29(4,27)28)11-13(19)5-6-14-15(19)7-9-20(2)16(14)8-10-21(20,3)25/h11,14-16,24-26H,5-10,12H2,1-4H3/t14-,15+,16+,19+,20+,21+/m1/s1. The van der Waals surface area contributed by atoms with E-state index in [0.717, 1.165) is 44.8 Å². The van der Waals surface area contributed by atoms with Crippen molar-refractivity contribution in [3.8, 4) is 0 Å². The number of aliphatic hydroxyl groups is 1. The fraction of sp³-hybridized carbons (Fsp3) is 0.810. The number of hydrogen-bond donors (Lipinski definition) is 3. The molecule has 6 atom stereocenters. The van der Waals surface area contributed by atoms with Gasteiger partial charge in [0.05, 0.1) is 11.9 Å². The van der Waals surface area contributed by atoms with Crippen LogP contribution in [-0.2, 0) is 10.0 Å². The predicted molar refractivity (Wildman–Crippen MR) is 112 cm³/mol. The molecule has 0 heterocycles. The molecule has 0 aliphatic heterocycles. The van der Waals surface area contributed by atoms with Crippen LogP contribution < -0.4 is 4.83 Å². The number of oxime groups is 1. The van der Waals surface area contributed by atoms with E-state index in [1.807, 2.05) is 13.0 Å². The molecule has 4 aliphatic rings. The van der Waals surface area contributed by atoms with Gasteiger partial charge in [-0.3, -0.25) is 0 Å². The van der Waals surface area contributed by atoms with Crippen LogP contribution >= 0.6 is 0 Å². The lowest BCUT2D eigenvalue weighted by Gasteiger charge is -2.58. The maximum Gasteiger partial charge on any atom is 0.244 e. The lowest BCUT2D eigenvalue weighted by atomic mass is 9.46. The van der Waals surface area contributed by atoms with Gasteiger partial charge < -0.3 is 10.3 Å². The summed E-state index contributed by atoms with van der Waals surface area (Å²) in [7, 11) is -3.47. The Kier molecular flexibility index (Phi) is 4.70. The Morgan fingerprint density at radius 3 is 2.48 bits per heavy atom. The monoisotopic (exact) mass is 423 g/mol. The molecule has 0 aromatic heterocycles. The molecular formula is C21H33N3O4S. The second-order valence-electron chi connectivity index (χ2n) is 10.4. The van der Waals surface area contributed by atoms with Crippen molar-refractivity contribution in [2.75, 3.05) is 6.26 Å². The molecular weight excluding hydrogens is 390 g/mol. The molecule has 4 aliphatic carbocycles. The molecule has 4 rings (SSSR count). The van der Waals surface area contributed by atoms with Crippen molar-refractivity contribution >= 4 is 21.4 Å². The summed E-state index contributed by atoms with van der Waals surface area (Å²) in [6.45, 7) is 6.55. The van der Waals surface area contributed by atoms with E-state index in [2.05, 4.69) is 28.9 Å². The topological polar surface area (TPSA) is 111 Å². The minimum Gasteiger partial charge on any atom is -0.411 e. The number of nitrogens with one attached hydrogen (secondary N) is 1. The van der Waals surface area contributed by atoms with Crippen LogP contribution in [0.2, 0.25) is 0 Å². The Morgan fingerprint density at radius 2 is 1.83 bits per heavy atom. The number of hydrazone groups is 1.